The molecule has 0 bridgehead atoms. The van der Waals surface area contributed by atoms with Crippen LogP contribution < -0.4 is 4.72 Å². The fraction of sp³-hybridized carbons (Fsp3) is 0.182. The fourth-order valence-corrected chi connectivity index (χ4v) is 2.55. The van der Waals surface area contributed by atoms with Crippen molar-refractivity contribution in [1.82, 2.24) is 9.97 Å². The van der Waals surface area contributed by atoms with Crippen molar-refractivity contribution < 1.29 is 8.42 Å². The molecule has 1 heterocycles. The van der Waals surface area contributed by atoms with Crippen molar-refractivity contribution >= 4 is 15.7 Å². The summed E-state index contributed by atoms with van der Waals surface area (Å²) < 4.78 is 26.4. The Bertz CT molecular complexity index is 618. The van der Waals surface area contributed by atoms with Gasteiger partial charge in [0.25, 0.3) is 10.0 Å². The van der Waals surface area contributed by atoms with Gasteiger partial charge in [-0.3, -0.25) is 4.72 Å². The Morgan fingerprint density at radius 1 is 1.29 bits per heavy atom. The average Bonchev–Trinajstić information content (AvgIpc) is 2.76. The van der Waals surface area contributed by atoms with Crippen molar-refractivity contribution in [3.63, 3.8) is 0 Å². The molecule has 5 nitrogen and oxygen atoms in total. The molecule has 0 amide bonds. The third-order valence-electron chi connectivity index (χ3n) is 2.39. The zero-order valence-electron chi connectivity index (χ0n) is 9.56. The summed E-state index contributed by atoms with van der Waals surface area (Å²) in [4.78, 5) is 6.26. The van der Waals surface area contributed by atoms with Crippen LogP contribution in [0.4, 0.5) is 5.69 Å². The van der Waals surface area contributed by atoms with Gasteiger partial charge in [0.2, 0.25) is 0 Å². The maximum absolute atomic E-state index is 11.9. The van der Waals surface area contributed by atoms with Crippen molar-refractivity contribution in [2.24, 2.45) is 0 Å². The maximum Gasteiger partial charge on any atom is 0.278 e. The first-order valence-electron chi connectivity index (χ1n) is 5.07. The molecule has 90 valence electrons. The lowest BCUT2D eigenvalue weighted by Crippen LogP contribution is -2.14. The van der Waals surface area contributed by atoms with E-state index in [4.69, 9.17) is 0 Å². The monoisotopic (exact) mass is 251 g/mol. The number of aromatic amines is 1. The van der Waals surface area contributed by atoms with E-state index in [1.165, 1.54) is 12.5 Å². The number of aromatic nitrogens is 2. The number of anilines is 1. The smallest absolute Gasteiger partial charge is 0.278 e. The van der Waals surface area contributed by atoms with Crippen LogP contribution >= 0.6 is 0 Å². The molecule has 0 aliphatic heterocycles. The number of rotatable bonds is 3. The van der Waals surface area contributed by atoms with Crippen LogP contribution in [0.5, 0.6) is 0 Å². The Morgan fingerprint density at radius 2 is 2.06 bits per heavy atom. The van der Waals surface area contributed by atoms with E-state index in [0.717, 1.165) is 11.1 Å². The van der Waals surface area contributed by atoms with Crippen molar-refractivity contribution in [3.8, 4) is 0 Å². The number of H-pyrrole nitrogens is 1. The predicted octanol–water partition coefficient (Wildman–Crippen LogP) is 1.83. The highest BCUT2D eigenvalue weighted by molar-refractivity contribution is 7.92. The number of hydrogen-bond donors (Lipinski definition) is 2. The fourth-order valence-electron chi connectivity index (χ4n) is 1.52. The van der Waals surface area contributed by atoms with E-state index in [-0.39, 0.29) is 5.03 Å². The number of benzene rings is 1. The van der Waals surface area contributed by atoms with Gasteiger partial charge in [-0.15, -0.1) is 0 Å². The molecule has 0 aliphatic carbocycles. The molecule has 0 saturated carbocycles. The van der Waals surface area contributed by atoms with E-state index in [9.17, 15) is 8.42 Å². The van der Waals surface area contributed by atoms with E-state index in [1.54, 1.807) is 6.07 Å². The molecule has 2 aromatic rings. The molecule has 0 fully saturated rings. The van der Waals surface area contributed by atoms with Crippen molar-refractivity contribution in [2.75, 3.05) is 4.72 Å². The second kappa shape index (κ2) is 4.21. The number of imidazole rings is 1. The van der Waals surface area contributed by atoms with Gasteiger partial charge in [-0.2, -0.15) is 8.42 Å². The van der Waals surface area contributed by atoms with Gasteiger partial charge in [0.1, 0.15) is 0 Å². The Balaban J connectivity index is 2.33. The van der Waals surface area contributed by atoms with Gasteiger partial charge in [-0.1, -0.05) is 17.7 Å². The lowest BCUT2D eigenvalue weighted by atomic mass is 10.1. The summed E-state index contributed by atoms with van der Waals surface area (Å²) in [6, 6.07) is 5.53. The molecule has 0 spiro atoms. The lowest BCUT2D eigenvalue weighted by molar-refractivity contribution is 0.598. The normalized spacial score (nSPS) is 11.4. The zero-order chi connectivity index (χ0) is 12.5. The summed E-state index contributed by atoms with van der Waals surface area (Å²) in [7, 11) is -3.57. The minimum absolute atomic E-state index is 0.0532. The second-order valence-electron chi connectivity index (χ2n) is 3.84. The van der Waals surface area contributed by atoms with Crippen LogP contribution in [0.1, 0.15) is 11.1 Å². The highest BCUT2D eigenvalue weighted by Crippen LogP contribution is 2.19. The van der Waals surface area contributed by atoms with Crippen LogP contribution in [-0.4, -0.2) is 18.4 Å². The van der Waals surface area contributed by atoms with Crippen molar-refractivity contribution in [1.29, 1.82) is 0 Å². The molecule has 1 aromatic heterocycles. The largest absolute Gasteiger partial charge is 0.334 e. The van der Waals surface area contributed by atoms with Gasteiger partial charge in [-0.25, -0.2) is 4.98 Å². The second-order valence-corrected chi connectivity index (χ2v) is 5.49. The quantitative estimate of drug-likeness (QED) is 0.873. The molecule has 6 heteroatoms. The molecule has 2 rings (SSSR count). The van der Waals surface area contributed by atoms with E-state index in [2.05, 4.69) is 14.7 Å². The SMILES string of the molecule is Cc1ccc(NS(=O)(=O)c2cnc[nH]2)c(C)c1. The standard InChI is InChI=1S/C11H13N3O2S/c1-8-3-4-10(9(2)5-8)14-17(15,16)11-6-12-7-13-11/h3-7,14H,1-2H3,(H,12,13). The van der Waals surface area contributed by atoms with E-state index >= 15 is 0 Å². The van der Waals surface area contributed by atoms with Crippen LogP contribution in [-0.2, 0) is 10.0 Å². The minimum atomic E-state index is -3.57. The van der Waals surface area contributed by atoms with Crippen LogP contribution in [0, 0.1) is 13.8 Å². The van der Waals surface area contributed by atoms with Gasteiger partial charge >= 0.3 is 0 Å². The minimum Gasteiger partial charge on any atom is -0.334 e. The highest BCUT2D eigenvalue weighted by atomic mass is 32.2. The first-order valence-corrected chi connectivity index (χ1v) is 6.56. The van der Waals surface area contributed by atoms with Crippen LogP contribution in [0.2, 0.25) is 0 Å². The number of sulfonamides is 1. The first-order chi connectivity index (χ1) is 7.99. The summed E-state index contributed by atoms with van der Waals surface area (Å²) in [5, 5.41) is 0.0532. The van der Waals surface area contributed by atoms with E-state index < -0.39 is 10.0 Å². The molecule has 0 unspecified atom stereocenters. The third-order valence-corrected chi connectivity index (χ3v) is 3.68. The molecule has 0 radical (unpaired) electrons. The van der Waals surface area contributed by atoms with E-state index in [1.807, 2.05) is 26.0 Å². The summed E-state index contributed by atoms with van der Waals surface area (Å²) >= 11 is 0. The first kappa shape index (κ1) is 11.7. The Labute approximate surface area is 100.0 Å². The van der Waals surface area contributed by atoms with Crippen LogP contribution in [0.15, 0.2) is 35.7 Å². The molecule has 0 saturated heterocycles. The molecular formula is C11H13N3O2S. The number of nitrogens with one attached hydrogen (secondary N) is 2. The molecule has 17 heavy (non-hydrogen) atoms. The summed E-state index contributed by atoms with van der Waals surface area (Å²) in [5.41, 5.74) is 2.55. The van der Waals surface area contributed by atoms with Crippen LogP contribution in [0.3, 0.4) is 0 Å². The highest BCUT2D eigenvalue weighted by Gasteiger charge is 2.16. The van der Waals surface area contributed by atoms with Crippen molar-refractivity contribution in [3.05, 3.63) is 41.9 Å². The molecule has 2 N–H and O–H groups in total. The average molecular weight is 251 g/mol. The number of aryl methyl sites for hydroxylation is 2. The van der Waals surface area contributed by atoms with Gasteiger partial charge in [0.05, 0.1) is 18.2 Å². The Kier molecular flexibility index (Phi) is 2.89. The topological polar surface area (TPSA) is 74.8 Å². The van der Waals surface area contributed by atoms with Gasteiger partial charge in [-0.05, 0) is 25.5 Å². The summed E-state index contributed by atoms with van der Waals surface area (Å²) in [6.07, 6.45) is 2.60. The predicted molar refractivity (Wildman–Crippen MR) is 65.3 cm³/mol. The lowest BCUT2D eigenvalue weighted by Gasteiger charge is -2.09. The summed E-state index contributed by atoms with van der Waals surface area (Å²) in [6.45, 7) is 3.82. The van der Waals surface area contributed by atoms with Gasteiger partial charge in [0, 0.05) is 0 Å². The van der Waals surface area contributed by atoms with Gasteiger partial charge < -0.3 is 4.98 Å². The summed E-state index contributed by atoms with van der Waals surface area (Å²) in [5.74, 6) is 0. The Morgan fingerprint density at radius 3 is 2.65 bits per heavy atom. The van der Waals surface area contributed by atoms with Crippen molar-refractivity contribution in [2.45, 2.75) is 18.9 Å². The number of nitrogens with zero attached hydrogens (tertiary/aromatic N) is 1. The Hall–Kier alpha value is -1.82. The molecular weight excluding hydrogens is 238 g/mol. The molecule has 1 aromatic carbocycles. The molecule has 0 aliphatic rings. The maximum atomic E-state index is 11.9. The number of hydrogen-bond acceptors (Lipinski definition) is 3. The van der Waals surface area contributed by atoms with Crippen LogP contribution in [0.25, 0.3) is 0 Å². The zero-order valence-corrected chi connectivity index (χ0v) is 10.4. The van der Waals surface area contributed by atoms with E-state index in [0.29, 0.717) is 5.69 Å². The third kappa shape index (κ3) is 2.47. The molecule has 0 atom stereocenters. The van der Waals surface area contributed by atoms with Gasteiger partial charge in [0.15, 0.2) is 5.03 Å².